The SMILES string of the molecule is COc1ccccc1/C=C(/C(=O)OC(C)C(=O)Nc1cccc(S(N)(=O)=O)c1)c1ccccc1. The van der Waals surface area contributed by atoms with Gasteiger partial charge in [-0.25, -0.2) is 18.4 Å². The first-order valence-electron chi connectivity index (χ1n) is 10.2. The monoisotopic (exact) mass is 480 g/mol. The largest absolute Gasteiger partial charge is 0.496 e. The number of ether oxygens (including phenoxy) is 2. The molecule has 0 heterocycles. The van der Waals surface area contributed by atoms with E-state index in [4.69, 9.17) is 14.6 Å². The zero-order valence-electron chi connectivity index (χ0n) is 18.6. The summed E-state index contributed by atoms with van der Waals surface area (Å²) in [7, 11) is -2.40. The van der Waals surface area contributed by atoms with Crippen LogP contribution in [0.1, 0.15) is 18.1 Å². The van der Waals surface area contributed by atoms with Crippen molar-refractivity contribution in [2.24, 2.45) is 5.14 Å². The fourth-order valence-electron chi connectivity index (χ4n) is 3.09. The molecule has 0 spiro atoms. The number of sulfonamides is 1. The summed E-state index contributed by atoms with van der Waals surface area (Å²) in [5.74, 6) is -0.771. The maximum atomic E-state index is 13.1. The van der Waals surface area contributed by atoms with Gasteiger partial charge >= 0.3 is 5.97 Å². The first kappa shape index (κ1) is 24.7. The third-order valence-electron chi connectivity index (χ3n) is 4.83. The van der Waals surface area contributed by atoms with Crippen LogP contribution >= 0.6 is 0 Å². The van der Waals surface area contributed by atoms with Crippen molar-refractivity contribution in [1.29, 1.82) is 0 Å². The minimum atomic E-state index is -3.93. The highest BCUT2D eigenvalue weighted by Crippen LogP contribution is 2.26. The van der Waals surface area contributed by atoms with Crippen molar-refractivity contribution in [3.05, 3.63) is 90.0 Å². The molecule has 0 fully saturated rings. The summed E-state index contributed by atoms with van der Waals surface area (Å²) in [6.07, 6.45) is 0.465. The van der Waals surface area contributed by atoms with Crippen LogP contribution in [-0.2, 0) is 24.3 Å². The molecule has 0 bridgehead atoms. The third kappa shape index (κ3) is 6.31. The molecule has 34 heavy (non-hydrogen) atoms. The molecule has 9 heteroatoms. The topological polar surface area (TPSA) is 125 Å². The minimum Gasteiger partial charge on any atom is -0.496 e. The van der Waals surface area contributed by atoms with Crippen LogP contribution in [0, 0.1) is 0 Å². The van der Waals surface area contributed by atoms with Crippen LogP contribution in [0.5, 0.6) is 5.75 Å². The number of carbonyl (C=O) groups excluding carboxylic acids is 2. The molecule has 0 aromatic heterocycles. The second kappa shape index (κ2) is 10.8. The molecule has 1 amide bonds. The van der Waals surface area contributed by atoms with Crippen molar-refractivity contribution in [3.63, 3.8) is 0 Å². The van der Waals surface area contributed by atoms with Gasteiger partial charge in [-0.15, -0.1) is 0 Å². The van der Waals surface area contributed by atoms with Gasteiger partial charge in [0.2, 0.25) is 10.0 Å². The lowest BCUT2D eigenvalue weighted by atomic mass is 10.0. The highest BCUT2D eigenvalue weighted by atomic mass is 32.2. The van der Waals surface area contributed by atoms with E-state index in [0.29, 0.717) is 16.9 Å². The van der Waals surface area contributed by atoms with Gasteiger partial charge in [0.25, 0.3) is 5.91 Å². The number of primary sulfonamides is 1. The summed E-state index contributed by atoms with van der Waals surface area (Å²) >= 11 is 0. The molecule has 0 saturated heterocycles. The van der Waals surface area contributed by atoms with E-state index in [2.05, 4.69) is 5.32 Å². The Hall–Kier alpha value is -3.95. The van der Waals surface area contributed by atoms with Crippen LogP contribution < -0.4 is 15.2 Å². The molecule has 0 aliphatic carbocycles. The molecule has 3 rings (SSSR count). The summed E-state index contributed by atoms with van der Waals surface area (Å²) < 4.78 is 33.9. The molecule has 0 aliphatic heterocycles. The molecule has 3 aromatic rings. The Morgan fingerprint density at radius 2 is 1.65 bits per heavy atom. The van der Waals surface area contributed by atoms with Crippen LogP contribution in [-0.4, -0.2) is 33.5 Å². The van der Waals surface area contributed by atoms with E-state index in [1.807, 2.05) is 18.2 Å². The van der Waals surface area contributed by atoms with Gasteiger partial charge in [-0.2, -0.15) is 0 Å². The van der Waals surface area contributed by atoms with E-state index in [-0.39, 0.29) is 16.2 Å². The number of amides is 1. The van der Waals surface area contributed by atoms with Gasteiger partial charge in [-0.1, -0.05) is 54.6 Å². The van der Waals surface area contributed by atoms with Gasteiger partial charge in [-0.3, -0.25) is 4.79 Å². The number of nitrogens with two attached hydrogens (primary N) is 1. The molecule has 3 N–H and O–H groups in total. The number of anilines is 1. The Kier molecular flexibility index (Phi) is 7.83. The average Bonchev–Trinajstić information content (AvgIpc) is 2.82. The fraction of sp³-hybridized carbons (Fsp3) is 0.120. The third-order valence-corrected chi connectivity index (χ3v) is 5.74. The summed E-state index contributed by atoms with van der Waals surface area (Å²) in [4.78, 5) is 25.6. The van der Waals surface area contributed by atoms with Crippen LogP contribution in [0.25, 0.3) is 11.6 Å². The quantitative estimate of drug-likeness (QED) is 0.289. The maximum Gasteiger partial charge on any atom is 0.339 e. The van der Waals surface area contributed by atoms with Gasteiger partial charge in [0, 0.05) is 11.3 Å². The molecule has 8 nitrogen and oxygen atoms in total. The smallest absolute Gasteiger partial charge is 0.339 e. The van der Waals surface area contributed by atoms with Crippen molar-refractivity contribution < 1.29 is 27.5 Å². The number of carbonyl (C=O) groups is 2. The molecule has 0 aliphatic rings. The Labute approximate surface area is 198 Å². The second-order valence-corrected chi connectivity index (χ2v) is 8.84. The highest BCUT2D eigenvalue weighted by Gasteiger charge is 2.22. The number of para-hydroxylation sites is 1. The number of hydrogen-bond donors (Lipinski definition) is 2. The Morgan fingerprint density at radius 3 is 2.32 bits per heavy atom. The van der Waals surface area contributed by atoms with E-state index in [1.54, 1.807) is 42.5 Å². The van der Waals surface area contributed by atoms with Crippen LogP contribution in [0.15, 0.2) is 83.8 Å². The maximum absolute atomic E-state index is 13.1. The molecule has 1 atom stereocenters. The lowest BCUT2D eigenvalue weighted by Crippen LogP contribution is -2.30. The zero-order chi connectivity index (χ0) is 24.7. The van der Waals surface area contributed by atoms with Crippen LogP contribution in [0.4, 0.5) is 5.69 Å². The number of methoxy groups -OCH3 is 1. The summed E-state index contributed by atoms with van der Waals surface area (Å²) in [5.41, 5.74) is 1.71. The van der Waals surface area contributed by atoms with E-state index >= 15 is 0 Å². The van der Waals surface area contributed by atoms with Crippen molar-refractivity contribution in [1.82, 2.24) is 0 Å². The lowest BCUT2D eigenvalue weighted by molar-refractivity contribution is -0.147. The number of rotatable bonds is 8. The van der Waals surface area contributed by atoms with Crippen LogP contribution in [0.2, 0.25) is 0 Å². The van der Waals surface area contributed by atoms with Crippen molar-refractivity contribution in [3.8, 4) is 5.75 Å². The first-order chi connectivity index (χ1) is 16.2. The minimum absolute atomic E-state index is 0.152. The van der Waals surface area contributed by atoms with E-state index in [9.17, 15) is 18.0 Å². The summed E-state index contributed by atoms with van der Waals surface area (Å²) in [6, 6.07) is 21.6. The number of benzene rings is 3. The standard InChI is InChI=1S/C25H24N2O6S/c1-17(24(28)27-20-12-8-13-21(16-20)34(26,30)31)33-25(29)22(18-9-4-3-5-10-18)15-19-11-6-7-14-23(19)32-2/h3-17H,1-2H3,(H,27,28)(H2,26,30,31)/b22-15+. The molecular formula is C25H24N2O6S. The lowest BCUT2D eigenvalue weighted by Gasteiger charge is -2.16. The highest BCUT2D eigenvalue weighted by molar-refractivity contribution is 7.89. The molecule has 0 saturated carbocycles. The molecule has 0 radical (unpaired) electrons. The summed E-state index contributed by atoms with van der Waals surface area (Å²) in [6.45, 7) is 1.42. The Morgan fingerprint density at radius 1 is 0.971 bits per heavy atom. The molecular weight excluding hydrogens is 456 g/mol. The second-order valence-electron chi connectivity index (χ2n) is 7.28. The normalized spacial score (nSPS) is 12.5. The van der Waals surface area contributed by atoms with Crippen molar-refractivity contribution >= 4 is 39.2 Å². The van der Waals surface area contributed by atoms with Gasteiger partial charge in [0.15, 0.2) is 6.10 Å². The molecule has 1 unspecified atom stereocenters. The number of esters is 1. The number of hydrogen-bond acceptors (Lipinski definition) is 6. The van der Waals surface area contributed by atoms with Crippen molar-refractivity contribution in [2.45, 2.75) is 17.9 Å². The predicted molar refractivity (Wildman–Crippen MR) is 129 cm³/mol. The number of nitrogens with one attached hydrogen (secondary N) is 1. The van der Waals surface area contributed by atoms with Gasteiger partial charge in [0.1, 0.15) is 5.75 Å². The zero-order valence-corrected chi connectivity index (χ0v) is 19.4. The van der Waals surface area contributed by atoms with E-state index in [0.717, 1.165) is 0 Å². The van der Waals surface area contributed by atoms with Gasteiger partial charge < -0.3 is 14.8 Å². The molecule has 3 aromatic carbocycles. The van der Waals surface area contributed by atoms with Gasteiger partial charge in [0.05, 0.1) is 17.6 Å². The van der Waals surface area contributed by atoms with Gasteiger partial charge in [-0.05, 0) is 42.8 Å². The molecule has 176 valence electrons. The first-order valence-corrected chi connectivity index (χ1v) is 11.8. The average molecular weight is 481 g/mol. The van der Waals surface area contributed by atoms with E-state index < -0.39 is 28.0 Å². The fourth-order valence-corrected chi connectivity index (χ4v) is 3.65. The Bertz CT molecular complexity index is 1320. The summed E-state index contributed by atoms with van der Waals surface area (Å²) in [5, 5.41) is 7.66. The van der Waals surface area contributed by atoms with Crippen molar-refractivity contribution in [2.75, 3.05) is 12.4 Å². The predicted octanol–water partition coefficient (Wildman–Crippen LogP) is 3.45. The Balaban J connectivity index is 1.82. The van der Waals surface area contributed by atoms with E-state index in [1.165, 1.54) is 38.3 Å². The van der Waals surface area contributed by atoms with Crippen LogP contribution in [0.3, 0.4) is 0 Å².